The SMILES string of the molecule is C=CC[C@@]1(C(=O)OC)CN([C@H](C)c2ccccc2)C[C@H]1C. The predicted molar refractivity (Wildman–Crippen MR) is 84.9 cm³/mol. The zero-order chi connectivity index (χ0) is 15.5. The Balaban J connectivity index is 2.23. The normalized spacial score (nSPS) is 27.3. The fourth-order valence-corrected chi connectivity index (χ4v) is 3.42. The molecule has 3 heteroatoms. The number of carbonyl (C=O) groups is 1. The van der Waals surface area contributed by atoms with Crippen LogP contribution < -0.4 is 0 Å². The highest BCUT2D eigenvalue weighted by Crippen LogP contribution is 2.43. The number of rotatable bonds is 5. The minimum atomic E-state index is -0.459. The summed E-state index contributed by atoms with van der Waals surface area (Å²) in [5.41, 5.74) is 0.823. The molecule has 0 amide bonds. The van der Waals surface area contributed by atoms with Gasteiger partial charge in [-0.25, -0.2) is 0 Å². The van der Waals surface area contributed by atoms with Gasteiger partial charge in [0.2, 0.25) is 0 Å². The number of esters is 1. The molecule has 1 aliphatic rings. The van der Waals surface area contributed by atoms with Gasteiger partial charge in [0.25, 0.3) is 0 Å². The summed E-state index contributed by atoms with van der Waals surface area (Å²) in [5.74, 6) is 0.145. The van der Waals surface area contributed by atoms with Crippen LogP contribution in [0.15, 0.2) is 43.0 Å². The van der Waals surface area contributed by atoms with Crippen LogP contribution in [0.4, 0.5) is 0 Å². The van der Waals surface area contributed by atoms with Crippen molar-refractivity contribution < 1.29 is 9.53 Å². The summed E-state index contributed by atoms with van der Waals surface area (Å²) < 4.78 is 5.08. The van der Waals surface area contributed by atoms with Crippen LogP contribution in [0, 0.1) is 11.3 Å². The highest BCUT2D eigenvalue weighted by atomic mass is 16.5. The number of carbonyl (C=O) groups excluding carboxylic acids is 1. The van der Waals surface area contributed by atoms with Crippen molar-refractivity contribution in [3.05, 3.63) is 48.6 Å². The molecule has 0 spiro atoms. The van der Waals surface area contributed by atoms with E-state index in [-0.39, 0.29) is 11.9 Å². The van der Waals surface area contributed by atoms with Gasteiger partial charge < -0.3 is 4.74 Å². The maximum Gasteiger partial charge on any atom is 0.313 e. The van der Waals surface area contributed by atoms with E-state index in [1.165, 1.54) is 12.7 Å². The van der Waals surface area contributed by atoms with E-state index in [1.807, 2.05) is 12.1 Å². The lowest BCUT2D eigenvalue weighted by atomic mass is 9.76. The van der Waals surface area contributed by atoms with Gasteiger partial charge in [-0.1, -0.05) is 43.3 Å². The van der Waals surface area contributed by atoms with E-state index in [0.29, 0.717) is 12.5 Å². The number of benzene rings is 1. The Morgan fingerprint density at radius 3 is 2.76 bits per heavy atom. The highest BCUT2D eigenvalue weighted by molar-refractivity contribution is 5.78. The largest absolute Gasteiger partial charge is 0.469 e. The van der Waals surface area contributed by atoms with Crippen molar-refractivity contribution in [3.8, 4) is 0 Å². The van der Waals surface area contributed by atoms with Gasteiger partial charge in [0.05, 0.1) is 12.5 Å². The molecule has 1 saturated heterocycles. The van der Waals surface area contributed by atoms with Crippen LogP contribution >= 0.6 is 0 Å². The third kappa shape index (κ3) is 2.88. The minimum absolute atomic E-state index is 0.113. The number of hydrogen-bond acceptors (Lipinski definition) is 3. The molecule has 1 aliphatic heterocycles. The first-order chi connectivity index (χ1) is 10.0. The Morgan fingerprint density at radius 2 is 2.19 bits per heavy atom. The van der Waals surface area contributed by atoms with E-state index in [9.17, 15) is 4.79 Å². The second kappa shape index (κ2) is 6.44. The summed E-state index contributed by atoms with van der Waals surface area (Å²) in [7, 11) is 1.48. The highest BCUT2D eigenvalue weighted by Gasteiger charge is 2.50. The summed E-state index contributed by atoms with van der Waals surface area (Å²) >= 11 is 0. The zero-order valence-electron chi connectivity index (χ0n) is 13.2. The maximum atomic E-state index is 12.3. The van der Waals surface area contributed by atoms with E-state index < -0.39 is 5.41 Å². The smallest absolute Gasteiger partial charge is 0.313 e. The van der Waals surface area contributed by atoms with E-state index in [4.69, 9.17) is 4.74 Å². The third-order valence-corrected chi connectivity index (χ3v) is 4.87. The number of methoxy groups -OCH3 is 1. The molecule has 2 rings (SSSR count). The van der Waals surface area contributed by atoms with Crippen molar-refractivity contribution in [1.82, 2.24) is 4.90 Å². The van der Waals surface area contributed by atoms with Crippen molar-refractivity contribution >= 4 is 5.97 Å². The molecule has 1 aromatic rings. The van der Waals surface area contributed by atoms with Gasteiger partial charge >= 0.3 is 5.97 Å². The second-order valence-electron chi connectivity index (χ2n) is 6.06. The Bertz CT molecular complexity index is 499. The fourth-order valence-electron chi connectivity index (χ4n) is 3.42. The van der Waals surface area contributed by atoms with E-state index in [2.05, 4.69) is 49.6 Å². The minimum Gasteiger partial charge on any atom is -0.469 e. The van der Waals surface area contributed by atoms with Gasteiger partial charge in [0.15, 0.2) is 0 Å². The standard InChI is InChI=1S/C18H25NO2/c1-5-11-18(17(20)21-4)13-19(12-14(18)2)15(3)16-9-7-6-8-10-16/h5-10,14-15H,1,11-13H2,2-4H3/t14-,15-,18-/m1/s1. The molecule has 3 nitrogen and oxygen atoms in total. The molecule has 1 heterocycles. The number of likely N-dealkylation sites (tertiary alicyclic amines) is 1. The number of nitrogens with zero attached hydrogens (tertiary/aromatic N) is 1. The Labute approximate surface area is 127 Å². The summed E-state index contributed by atoms with van der Waals surface area (Å²) in [5, 5.41) is 0. The molecule has 0 saturated carbocycles. The monoisotopic (exact) mass is 287 g/mol. The quantitative estimate of drug-likeness (QED) is 0.614. The first-order valence-corrected chi connectivity index (χ1v) is 7.53. The van der Waals surface area contributed by atoms with E-state index >= 15 is 0 Å². The predicted octanol–water partition coefficient (Wildman–Crippen LogP) is 3.43. The van der Waals surface area contributed by atoms with E-state index in [1.54, 1.807) is 0 Å². The number of ether oxygens (including phenoxy) is 1. The molecule has 21 heavy (non-hydrogen) atoms. The third-order valence-electron chi connectivity index (χ3n) is 4.87. The molecular formula is C18H25NO2. The number of allylic oxidation sites excluding steroid dienone is 1. The Hall–Kier alpha value is -1.61. The van der Waals surface area contributed by atoms with Gasteiger partial charge in [-0.3, -0.25) is 9.69 Å². The molecule has 0 radical (unpaired) electrons. The molecule has 0 N–H and O–H groups in total. The van der Waals surface area contributed by atoms with Crippen LogP contribution in [0.2, 0.25) is 0 Å². The molecule has 3 atom stereocenters. The summed E-state index contributed by atoms with van der Waals surface area (Å²) in [4.78, 5) is 14.7. The molecule has 0 unspecified atom stereocenters. The van der Waals surface area contributed by atoms with Gasteiger partial charge in [0, 0.05) is 19.1 Å². The van der Waals surface area contributed by atoms with Crippen LogP contribution in [0.25, 0.3) is 0 Å². The first kappa shape index (κ1) is 15.8. The molecular weight excluding hydrogens is 262 g/mol. The topological polar surface area (TPSA) is 29.5 Å². The van der Waals surface area contributed by atoms with Crippen molar-refractivity contribution in [2.24, 2.45) is 11.3 Å². The summed E-state index contributed by atoms with van der Waals surface area (Å²) in [6.45, 7) is 9.78. The van der Waals surface area contributed by atoms with Gasteiger partial charge in [-0.2, -0.15) is 0 Å². The molecule has 114 valence electrons. The molecule has 1 aromatic carbocycles. The van der Waals surface area contributed by atoms with Crippen LogP contribution in [0.1, 0.15) is 31.9 Å². The van der Waals surface area contributed by atoms with Gasteiger partial charge in [-0.15, -0.1) is 6.58 Å². The maximum absolute atomic E-state index is 12.3. The fraction of sp³-hybridized carbons (Fsp3) is 0.500. The summed E-state index contributed by atoms with van der Waals surface area (Å²) in [6.07, 6.45) is 2.50. The van der Waals surface area contributed by atoms with Crippen molar-refractivity contribution in [2.45, 2.75) is 26.3 Å². The van der Waals surface area contributed by atoms with Crippen LogP contribution in [0.3, 0.4) is 0 Å². The zero-order valence-corrected chi connectivity index (χ0v) is 13.2. The van der Waals surface area contributed by atoms with Crippen LogP contribution in [-0.4, -0.2) is 31.1 Å². The Morgan fingerprint density at radius 1 is 1.52 bits per heavy atom. The molecule has 0 aromatic heterocycles. The van der Waals surface area contributed by atoms with Crippen molar-refractivity contribution in [2.75, 3.05) is 20.2 Å². The lowest BCUT2D eigenvalue weighted by Gasteiger charge is -2.30. The van der Waals surface area contributed by atoms with Crippen molar-refractivity contribution in [3.63, 3.8) is 0 Å². The number of hydrogen-bond donors (Lipinski definition) is 0. The average molecular weight is 287 g/mol. The van der Waals surface area contributed by atoms with Crippen LogP contribution in [-0.2, 0) is 9.53 Å². The summed E-state index contributed by atoms with van der Waals surface area (Å²) in [6, 6.07) is 10.7. The van der Waals surface area contributed by atoms with Crippen molar-refractivity contribution in [1.29, 1.82) is 0 Å². The first-order valence-electron chi connectivity index (χ1n) is 7.53. The lowest BCUT2D eigenvalue weighted by molar-refractivity contribution is -0.154. The lowest BCUT2D eigenvalue weighted by Crippen LogP contribution is -2.39. The molecule has 0 bridgehead atoms. The molecule has 0 aliphatic carbocycles. The molecule has 1 fully saturated rings. The average Bonchev–Trinajstić information content (AvgIpc) is 2.85. The van der Waals surface area contributed by atoms with Gasteiger partial charge in [-0.05, 0) is 24.8 Å². The van der Waals surface area contributed by atoms with Crippen LogP contribution in [0.5, 0.6) is 0 Å². The van der Waals surface area contributed by atoms with Gasteiger partial charge in [0.1, 0.15) is 0 Å². The second-order valence-corrected chi connectivity index (χ2v) is 6.06. The van der Waals surface area contributed by atoms with E-state index in [0.717, 1.165) is 13.1 Å². The Kier molecular flexibility index (Phi) is 4.84.